The molecule has 1 aromatic carbocycles. The Morgan fingerprint density at radius 2 is 2.11 bits per heavy atom. The molecule has 0 fully saturated rings. The first-order chi connectivity index (χ1) is 8.63. The number of aromatic nitrogens is 1. The van der Waals surface area contributed by atoms with E-state index >= 15 is 0 Å². The van der Waals surface area contributed by atoms with E-state index in [4.69, 9.17) is 4.74 Å². The molecule has 0 saturated heterocycles. The maximum Gasteiger partial charge on any atom is 0.224 e. The normalized spacial score (nSPS) is 10.2. The Labute approximate surface area is 104 Å². The molecule has 18 heavy (non-hydrogen) atoms. The van der Waals surface area contributed by atoms with Crippen molar-refractivity contribution in [2.45, 2.75) is 6.92 Å². The zero-order valence-electron chi connectivity index (χ0n) is 10.1. The van der Waals surface area contributed by atoms with E-state index < -0.39 is 5.82 Å². The van der Waals surface area contributed by atoms with Crippen LogP contribution >= 0.6 is 0 Å². The lowest BCUT2D eigenvalue weighted by Gasteiger charge is -2.06. The number of ether oxygens (including phenoxy) is 1. The summed E-state index contributed by atoms with van der Waals surface area (Å²) in [6.07, 6.45) is 1.53. The molecule has 0 bridgehead atoms. The number of methoxy groups -OCH3 is 1. The Kier molecular flexibility index (Phi) is 3.37. The molecule has 2 rings (SSSR count). The minimum atomic E-state index is -0.399. The molecule has 0 N–H and O–H groups in total. The number of aryl methyl sites for hydroxylation is 1. The van der Waals surface area contributed by atoms with Crippen molar-refractivity contribution < 1.29 is 13.9 Å². The smallest absolute Gasteiger partial charge is 0.224 e. The van der Waals surface area contributed by atoms with Gasteiger partial charge in [-0.15, -0.1) is 0 Å². The number of hydrogen-bond acceptors (Lipinski definition) is 3. The van der Waals surface area contributed by atoms with Crippen LogP contribution in [0, 0.1) is 12.7 Å². The second-order valence-electron chi connectivity index (χ2n) is 3.85. The second-order valence-corrected chi connectivity index (χ2v) is 3.85. The van der Waals surface area contributed by atoms with E-state index in [1.807, 2.05) is 0 Å². The van der Waals surface area contributed by atoms with Gasteiger partial charge in [-0.2, -0.15) is 0 Å². The number of hydrogen-bond donors (Lipinski definition) is 0. The van der Waals surface area contributed by atoms with Gasteiger partial charge >= 0.3 is 0 Å². The third-order valence-corrected chi connectivity index (χ3v) is 2.64. The molecule has 3 nitrogen and oxygen atoms in total. The largest absolute Gasteiger partial charge is 0.480 e. The summed E-state index contributed by atoms with van der Waals surface area (Å²) in [7, 11) is 1.44. The van der Waals surface area contributed by atoms with Crippen molar-refractivity contribution >= 4 is 5.78 Å². The Morgan fingerprint density at radius 1 is 1.33 bits per heavy atom. The Bertz CT molecular complexity index is 596. The summed E-state index contributed by atoms with van der Waals surface area (Å²) in [5.74, 6) is -0.467. The van der Waals surface area contributed by atoms with Gasteiger partial charge in [0.25, 0.3) is 0 Å². The summed E-state index contributed by atoms with van der Waals surface area (Å²) in [6.45, 7) is 1.65. The number of carbonyl (C=O) groups is 1. The van der Waals surface area contributed by atoms with Crippen molar-refractivity contribution in [1.29, 1.82) is 0 Å². The Balaban J connectivity index is 2.44. The molecule has 0 atom stereocenters. The lowest BCUT2D eigenvalue weighted by Crippen LogP contribution is -2.05. The van der Waals surface area contributed by atoms with Gasteiger partial charge in [0.1, 0.15) is 5.82 Å². The molecular formula is C14H12FNO2. The van der Waals surface area contributed by atoms with Gasteiger partial charge in [0.15, 0.2) is 5.78 Å². The maximum absolute atomic E-state index is 13.4. The highest BCUT2D eigenvalue weighted by atomic mass is 19.1. The fourth-order valence-electron chi connectivity index (χ4n) is 1.62. The number of halogens is 1. The molecule has 1 heterocycles. The van der Waals surface area contributed by atoms with Crippen LogP contribution in [0.15, 0.2) is 36.5 Å². The van der Waals surface area contributed by atoms with Gasteiger partial charge in [-0.25, -0.2) is 9.37 Å². The first-order valence-electron chi connectivity index (χ1n) is 5.43. The predicted octanol–water partition coefficient (Wildman–Crippen LogP) is 2.77. The van der Waals surface area contributed by atoms with Crippen LogP contribution < -0.4 is 4.74 Å². The topological polar surface area (TPSA) is 39.2 Å². The molecule has 1 aromatic heterocycles. The molecule has 0 amide bonds. The molecule has 2 aromatic rings. The molecule has 0 aliphatic carbocycles. The third-order valence-electron chi connectivity index (χ3n) is 2.64. The maximum atomic E-state index is 13.4. The van der Waals surface area contributed by atoms with E-state index in [2.05, 4.69) is 4.98 Å². The van der Waals surface area contributed by atoms with Crippen LogP contribution in [0.4, 0.5) is 4.39 Å². The highest BCUT2D eigenvalue weighted by Gasteiger charge is 2.15. The molecule has 0 aliphatic rings. The van der Waals surface area contributed by atoms with Crippen LogP contribution in [0.2, 0.25) is 0 Å². The van der Waals surface area contributed by atoms with E-state index in [1.54, 1.807) is 31.2 Å². The summed E-state index contributed by atoms with van der Waals surface area (Å²) in [4.78, 5) is 16.1. The van der Waals surface area contributed by atoms with Crippen LogP contribution in [-0.2, 0) is 0 Å². The van der Waals surface area contributed by atoms with E-state index in [-0.39, 0.29) is 17.2 Å². The van der Waals surface area contributed by atoms with E-state index in [0.29, 0.717) is 11.1 Å². The highest BCUT2D eigenvalue weighted by molar-refractivity contribution is 6.10. The fourth-order valence-corrected chi connectivity index (χ4v) is 1.62. The van der Waals surface area contributed by atoms with Crippen molar-refractivity contribution in [2.24, 2.45) is 0 Å². The zero-order valence-corrected chi connectivity index (χ0v) is 10.1. The quantitative estimate of drug-likeness (QED) is 0.780. The average Bonchev–Trinajstić information content (AvgIpc) is 2.41. The van der Waals surface area contributed by atoms with Gasteiger partial charge in [-0.3, -0.25) is 4.79 Å². The van der Waals surface area contributed by atoms with Gasteiger partial charge in [-0.1, -0.05) is 12.1 Å². The second kappa shape index (κ2) is 4.96. The van der Waals surface area contributed by atoms with E-state index in [0.717, 1.165) is 0 Å². The molecule has 0 unspecified atom stereocenters. The molecule has 0 saturated carbocycles. The first kappa shape index (κ1) is 12.2. The summed E-state index contributed by atoms with van der Waals surface area (Å²) in [6, 6.07) is 7.63. The van der Waals surface area contributed by atoms with Crippen molar-refractivity contribution in [3.8, 4) is 5.88 Å². The first-order valence-corrected chi connectivity index (χ1v) is 5.43. The predicted molar refractivity (Wildman–Crippen MR) is 65.4 cm³/mol. The van der Waals surface area contributed by atoms with Gasteiger partial charge in [0, 0.05) is 11.8 Å². The average molecular weight is 245 g/mol. The summed E-state index contributed by atoms with van der Waals surface area (Å²) < 4.78 is 18.5. The SMILES string of the molecule is COc1ncccc1C(=O)c1ccc(C)c(F)c1. The van der Waals surface area contributed by atoms with Crippen molar-refractivity contribution in [3.05, 3.63) is 59.0 Å². The molecule has 0 aliphatic heterocycles. The number of ketones is 1. The van der Waals surface area contributed by atoms with Crippen LogP contribution in [0.1, 0.15) is 21.5 Å². The molecule has 4 heteroatoms. The lowest BCUT2D eigenvalue weighted by atomic mass is 10.0. The standard InChI is InChI=1S/C14H12FNO2/c1-9-5-6-10(8-12(9)15)13(17)11-4-3-7-16-14(11)18-2/h3-8H,1-2H3. The molecular weight excluding hydrogens is 233 g/mol. The zero-order chi connectivity index (χ0) is 13.1. The minimum Gasteiger partial charge on any atom is -0.480 e. The molecule has 0 radical (unpaired) electrons. The van der Waals surface area contributed by atoms with Crippen LogP contribution in [0.5, 0.6) is 5.88 Å². The fraction of sp³-hybridized carbons (Fsp3) is 0.143. The van der Waals surface area contributed by atoms with Crippen LogP contribution in [-0.4, -0.2) is 17.9 Å². The van der Waals surface area contributed by atoms with Gasteiger partial charge in [-0.05, 0) is 30.7 Å². The van der Waals surface area contributed by atoms with Gasteiger partial charge in [0.05, 0.1) is 12.7 Å². The number of pyridine rings is 1. The Morgan fingerprint density at radius 3 is 2.78 bits per heavy atom. The number of carbonyl (C=O) groups excluding carboxylic acids is 1. The van der Waals surface area contributed by atoms with Crippen LogP contribution in [0.3, 0.4) is 0 Å². The van der Waals surface area contributed by atoms with Crippen molar-refractivity contribution in [2.75, 3.05) is 7.11 Å². The Hall–Kier alpha value is -2.23. The minimum absolute atomic E-state index is 0.239. The summed E-state index contributed by atoms with van der Waals surface area (Å²) >= 11 is 0. The number of benzene rings is 1. The highest BCUT2D eigenvalue weighted by Crippen LogP contribution is 2.19. The van der Waals surface area contributed by atoms with Crippen molar-refractivity contribution in [1.82, 2.24) is 4.98 Å². The molecule has 92 valence electrons. The third kappa shape index (κ3) is 2.22. The van der Waals surface area contributed by atoms with E-state index in [1.165, 1.54) is 19.4 Å². The summed E-state index contributed by atoms with van der Waals surface area (Å²) in [5, 5.41) is 0. The van der Waals surface area contributed by atoms with Gasteiger partial charge in [0.2, 0.25) is 5.88 Å². The monoisotopic (exact) mass is 245 g/mol. The van der Waals surface area contributed by atoms with Crippen molar-refractivity contribution in [3.63, 3.8) is 0 Å². The van der Waals surface area contributed by atoms with E-state index in [9.17, 15) is 9.18 Å². The number of nitrogens with zero attached hydrogens (tertiary/aromatic N) is 1. The molecule has 0 spiro atoms. The summed E-state index contributed by atoms with van der Waals surface area (Å²) in [5.41, 5.74) is 1.11. The lowest BCUT2D eigenvalue weighted by molar-refractivity contribution is 0.103. The number of rotatable bonds is 3. The van der Waals surface area contributed by atoms with Crippen LogP contribution in [0.25, 0.3) is 0 Å². The van der Waals surface area contributed by atoms with Gasteiger partial charge < -0.3 is 4.74 Å².